The van der Waals surface area contributed by atoms with Crippen molar-refractivity contribution in [2.45, 2.75) is 45.4 Å². The highest BCUT2D eigenvalue weighted by Crippen LogP contribution is 2.42. The normalized spacial score (nSPS) is 18.9. The Kier molecular flexibility index (Phi) is 4.56. The number of nitrogens with zero attached hydrogens (tertiary/aromatic N) is 1. The van der Waals surface area contributed by atoms with E-state index in [4.69, 9.17) is 14.2 Å². The quantitative estimate of drug-likeness (QED) is 0.779. The molecule has 0 saturated heterocycles. The molecule has 3 aliphatic rings. The second-order valence-electron chi connectivity index (χ2n) is 6.57. The molecular weight excluding hydrogens is 322 g/mol. The molecule has 3 rings (SSSR count). The van der Waals surface area contributed by atoms with Crippen LogP contribution in [0.3, 0.4) is 0 Å². The predicted octanol–water partition coefficient (Wildman–Crippen LogP) is 2.51. The van der Waals surface area contributed by atoms with Gasteiger partial charge in [-0.3, -0.25) is 9.59 Å². The lowest BCUT2D eigenvalue weighted by atomic mass is 9.92. The van der Waals surface area contributed by atoms with Crippen molar-refractivity contribution in [2.24, 2.45) is 0 Å². The molecule has 134 valence electrons. The number of ether oxygens (including phenoxy) is 3. The highest BCUT2D eigenvalue weighted by atomic mass is 16.7. The molecule has 0 aromatic carbocycles. The number of aryl methyl sites for hydroxylation is 1. The van der Waals surface area contributed by atoms with E-state index in [0.717, 1.165) is 22.5 Å². The SMILES string of the molecule is COC(=O)CCCn1c(C)cc2cc(=O)cc3c-2c1CC(C)(OC)O3. The summed E-state index contributed by atoms with van der Waals surface area (Å²) in [7, 11) is 3.00. The van der Waals surface area contributed by atoms with Crippen molar-refractivity contribution in [2.75, 3.05) is 14.2 Å². The van der Waals surface area contributed by atoms with Gasteiger partial charge in [-0.05, 0) is 31.0 Å². The maximum absolute atomic E-state index is 12.0. The third-order valence-electron chi connectivity index (χ3n) is 4.75. The largest absolute Gasteiger partial charge is 0.469 e. The lowest BCUT2D eigenvalue weighted by molar-refractivity contribution is -0.152. The molecule has 2 aliphatic heterocycles. The van der Waals surface area contributed by atoms with Gasteiger partial charge >= 0.3 is 5.97 Å². The van der Waals surface area contributed by atoms with E-state index < -0.39 is 5.79 Å². The summed E-state index contributed by atoms with van der Waals surface area (Å²) in [5.41, 5.74) is 3.82. The van der Waals surface area contributed by atoms with Crippen LogP contribution in [-0.4, -0.2) is 30.5 Å². The first kappa shape index (κ1) is 17.5. The summed E-state index contributed by atoms with van der Waals surface area (Å²) in [5, 5.41) is 0. The van der Waals surface area contributed by atoms with E-state index in [1.54, 1.807) is 13.2 Å². The van der Waals surface area contributed by atoms with Crippen LogP contribution >= 0.6 is 0 Å². The van der Waals surface area contributed by atoms with Gasteiger partial charge in [0.25, 0.3) is 0 Å². The van der Waals surface area contributed by atoms with Gasteiger partial charge in [0, 0.05) is 50.0 Å². The van der Waals surface area contributed by atoms with E-state index >= 15 is 0 Å². The molecule has 0 saturated carbocycles. The summed E-state index contributed by atoms with van der Waals surface area (Å²) in [4.78, 5) is 23.4. The topological polar surface area (TPSA) is 66.8 Å². The average molecular weight is 345 g/mol. The van der Waals surface area contributed by atoms with Gasteiger partial charge in [0.2, 0.25) is 5.79 Å². The number of rotatable bonds is 5. The molecule has 2 heterocycles. The molecule has 0 aromatic rings. The number of carbonyl (C=O) groups excluding carboxylic acids is 1. The van der Waals surface area contributed by atoms with Crippen molar-refractivity contribution in [1.82, 2.24) is 4.57 Å². The Balaban J connectivity index is 2.09. The minimum absolute atomic E-state index is 0.0864. The molecule has 0 N–H and O–H groups in total. The maximum atomic E-state index is 12.0. The van der Waals surface area contributed by atoms with Gasteiger partial charge in [0.1, 0.15) is 5.75 Å². The second-order valence-corrected chi connectivity index (χ2v) is 6.57. The summed E-state index contributed by atoms with van der Waals surface area (Å²) in [6, 6.07) is 5.13. The van der Waals surface area contributed by atoms with Crippen molar-refractivity contribution in [3.05, 3.63) is 39.8 Å². The van der Waals surface area contributed by atoms with E-state index in [1.165, 1.54) is 13.2 Å². The highest BCUT2D eigenvalue weighted by Gasteiger charge is 2.36. The number of carbonyl (C=O) groups is 1. The first-order valence-electron chi connectivity index (χ1n) is 8.35. The molecule has 0 fully saturated rings. The molecule has 0 amide bonds. The van der Waals surface area contributed by atoms with Gasteiger partial charge in [-0.25, -0.2) is 0 Å². The van der Waals surface area contributed by atoms with Crippen LogP contribution in [0.15, 0.2) is 23.0 Å². The third-order valence-corrected chi connectivity index (χ3v) is 4.75. The number of esters is 1. The van der Waals surface area contributed by atoms with Crippen LogP contribution in [0, 0.1) is 6.92 Å². The first-order chi connectivity index (χ1) is 11.9. The van der Waals surface area contributed by atoms with E-state index in [0.29, 0.717) is 31.6 Å². The van der Waals surface area contributed by atoms with Crippen LogP contribution in [0.2, 0.25) is 0 Å². The van der Waals surface area contributed by atoms with E-state index in [2.05, 4.69) is 4.57 Å². The molecule has 0 aromatic heterocycles. The summed E-state index contributed by atoms with van der Waals surface area (Å²) >= 11 is 0. The standard InChI is InChI=1S/C19H23NO5/c1-12-8-13-9-14(21)10-16-18(13)15(11-19(2,24-4)25-16)20(12)7-5-6-17(22)23-3/h8-10H,5-7,11H2,1-4H3. The van der Waals surface area contributed by atoms with Crippen molar-refractivity contribution >= 4 is 5.97 Å². The predicted molar refractivity (Wildman–Crippen MR) is 93.1 cm³/mol. The highest BCUT2D eigenvalue weighted by molar-refractivity contribution is 5.76. The zero-order valence-corrected chi connectivity index (χ0v) is 15.0. The molecule has 25 heavy (non-hydrogen) atoms. The molecule has 1 atom stereocenters. The Labute approximate surface area is 146 Å². The Bertz CT molecular complexity index is 841. The minimum Gasteiger partial charge on any atom is -0.469 e. The number of hydrogen-bond acceptors (Lipinski definition) is 5. The van der Waals surface area contributed by atoms with E-state index in [1.807, 2.05) is 19.9 Å². The van der Waals surface area contributed by atoms with Gasteiger partial charge in [-0.15, -0.1) is 0 Å². The Morgan fingerprint density at radius 3 is 2.76 bits per heavy atom. The van der Waals surface area contributed by atoms with Crippen molar-refractivity contribution in [1.29, 1.82) is 0 Å². The monoisotopic (exact) mass is 345 g/mol. The Hall–Kier alpha value is -2.34. The number of methoxy groups -OCH3 is 2. The summed E-state index contributed by atoms with van der Waals surface area (Å²) in [5.74, 6) is -0.490. The Morgan fingerprint density at radius 2 is 2.08 bits per heavy atom. The molecule has 1 unspecified atom stereocenters. The summed E-state index contributed by atoms with van der Waals surface area (Å²) in [6.45, 7) is 4.55. The zero-order valence-electron chi connectivity index (χ0n) is 15.0. The molecule has 0 radical (unpaired) electrons. The molecule has 1 aliphatic carbocycles. The summed E-state index contributed by atoms with van der Waals surface area (Å²) in [6.07, 6.45) is 1.60. The summed E-state index contributed by atoms with van der Waals surface area (Å²) < 4.78 is 18.4. The van der Waals surface area contributed by atoms with E-state index in [9.17, 15) is 9.59 Å². The smallest absolute Gasteiger partial charge is 0.305 e. The number of benzene rings is 1. The fourth-order valence-corrected chi connectivity index (χ4v) is 3.43. The van der Waals surface area contributed by atoms with Crippen LogP contribution in [-0.2, 0) is 27.2 Å². The van der Waals surface area contributed by atoms with E-state index in [-0.39, 0.29) is 11.4 Å². The molecule has 0 bridgehead atoms. The number of pyridine rings is 1. The van der Waals surface area contributed by atoms with Crippen LogP contribution in [0.4, 0.5) is 0 Å². The lowest BCUT2D eigenvalue weighted by Gasteiger charge is -2.37. The van der Waals surface area contributed by atoms with Gasteiger partial charge in [-0.1, -0.05) is 0 Å². The fraction of sp³-hybridized carbons (Fsp3) is 0.474. The van der Waals surface area contributed by atoms with Crippen molar-refractivity contribution < 1.29 is 19.0 Å². The van der Waals surface area contributed by atoms with Gasteiger partial charge < -0.3 is 18.8 Å². The van der Waals surface area contributed by atoms with Crippen LogP contribution < -0.4 is 10.2 Å². The average Bonchev–Trinajstić information content (AvgIpc) is 2.56. The van der Waals surface area contributed by atoms with Gasteiger partial charge in [0.15, 0.2) is 5.43 Å². The maximum Gasteiger partial charge on any atom is 0.305 e. The Morgan fingerprint density at radius 1 is 1.32 bits per heavy atom. The van der Waals surface area contributed by atoms with Crippen LogP contribution in [0.25, 0.3) is 11.1 Å². The van der Waals surface area contributed by atoms with Crippen LogP contribution in [0.5, 0.6) is 5.75 Å². The third kappa shape index (κ3) is 3.26. The number of hydrogen-bond donors (Lipinski definition) is 0. The molecular formula is C19H23NO5. The van der Waals surface area contributed by atoms with Gasteiger partial charge in [-0.2, -0.15) is 0 Å². The fourth-order valence-electron chi connectivity index (χ4n) is 3.43. The second kappa shape index (κ2) is 6.52. The molecule has 0 spiro atoms. The number of aromatic nitrogens is 1. The zero-order chi connectivity index (χ0) is 18.2. The minimum atomic E-state index is -0.828. The van der Waals surface area contributed by atoms with Crippen LogP contribution in [0.1, 0.15) is 31.2 Å². The van der Waals surface area contributed by atoms with Crippen molar-refractivity contribution in [3.8, 4) is 16.9 Å². The molecule has 6 heteroatoms. The van der Waals surface area contributed by atoms with Gasteiger partial charge in [0.05, 0.1) is 13.5 Å². The van der Waals surface area contributed by atoms with Crippen molar-refractivity contribution in [3.63, 3.8) is 0 Å². The first-order valence-corrected chi connectivity index (χ1v) is 8.35. The molecule has 6 nitrogen and oxygen atoms in total. The lowest BCUT2D eigenvalue weighted by Crippen LogP contribution is -2.41.